The Morgan fingerprint density at radius 3 is 2.58 bits per heavy atom. The number of anilines is 3. The summed E-state index contributed by atoms with van der Waals surface area (Å²) in [6.07, 6.45) is 0. The molecular weight excluding hydrogens is 236 g/mol. The molecule has 1 aromatic heterocycles. The quantitative estimate of drug-likeness (QED) is 0.787. The Labute approximate surface area is 114 Å². The number of nitrogens with one attached hydrogen (secondary N) is 2. The van der Waals surface area contributed by atoms with E-state index in [0.717, 1.165) is 17.1 Å². The number of nitrogens with zero attached hydrogens (tertiary/aromatic N) is 1. The van der Waals surface area contributed by atoms with Crippen molar-refractivity contribution in [3.8, 4) is 0 Å². The number of hydrogen-bond donors (Lipinski definition) is 3. The first kappa shape index (κ1) is 13.2. The summed E-state index contributed by atoms with van der Waals surface area (Å²) in [4.78, 5) is 4.33. The van der Waals surface area contributed by atoms with Gasteiger partial charge in [-0.05, 0) is 23.8 Å². The van der Waals surface area contributed by atoms with Crippen LogP contribution in [0.3, 0.4) is 0 Å². The van der Waals surface area contributed by atoms with Gasteiger partial charge in [-0.15, -0.1) is 0 Å². The summed E-state index contributed by atoms with van der Waals surface area (Å²) in [5.41, 5.74) is 9.23. The molecule has 1 atom stereocenters. The highest BCUT2D eigenvalue weighted by molar-refractivity contribution is 5.55. The summed E-state index contributed by atoms with van der Waals surface area (Å²) in [6.45, 7) is 2.17. The van der Waals surface area contributed by atoms with Gasteiger partial charge in [-0.2, -0.15) is 0 Å². The van der Waals surface area contributed by atoms with Crippen LogP contribution in [-0.2, 0) is 0 Å². The molecule has 1 unspecified atom stereocenters. The van der Waals surface area contributed by atoms with Crippen molar-refractivity contribution in [1.29, 1.82) is 0 Å². The Balaban J connectivity index is 2.40. The van der Waals surface area contributed by atoms with E-state index in [1.807, 2.05) is 26.2 Å². The Kier molecular flexibility index (Phi) is 3.90. The van der Waals surface area contributed by atoms with Crippen LogP contribution in [0.25, 0.3) is 0 Å². The van der Waals surface area contributed by atoms with Gasteiger partial charge in [0, 0.05) is 31.3 Å². The first-order valence-electron chi connectivity index (χ1n) is 6.37. The summed E-state index contributed by atoms with van der Waals surface area (Å²) >= 11 is 0. The van der Waals surface area contributed by atoms with E-state index >= 15 is 0 Å². The lowest BCUT2D eigenvalue weighted by atomic mass is 9.93. The van der Waals surface area contributed by atoms with Gasteiger partial charge in [-0.1, -0.05) is 25.1 Å². The number of nitrogens with two attached hydrogens (primary N) is 1. The number of nitrogen functional groups attached to an aromatic ring is 1. The Hall–Kier alpha value is -2.23. The zero-order chi connectivity index (χ0) is 13.8. The van der Waals surface area contributed by atoms with Crippen molar-refractivity contribution in [2.75, 3.05) is 30.5 Å². The van der Waals surface area contributed by atoms with Crippen molar-refractivity contribution < 1.29 is 0 Å². The summed E-state index contributed by atoms with van der Waals surface area (Å²) in [6, 6.07) is 12.3. The van der Waals surface area contributed by atoms with E-state index in [4.69, 9.17) is 5.73 Å². The molecule has 0 aliphatic carbocycles. The number of benzene rings is 1. The molecule has 0 saturated heterocycles. The highest BCUT2D eigenvalue weighted by Crippen LogP contribution is 2.30. The van der Waals surface area contributed by atoms with Gasteiger partial charge in [0.15, 0.2) is 0 Å². The average molecular weight is 256 g/mol. The van der Waals surface area contributed by atoms with Crippen LogP contribution in [0.5, 0.6) is 0 Å². The Morgan fingerprint density at radius 1 is 1.11 bits per heavy atom. The van der Waals surface area contributed by atoms with Crippen LogP contribution in [0.4, 0.5) is 17.3 Å². The molecule has 4 N–H and O–H groups in total. The van der Waals surface area contributed by atoms with Crippen LogP contribution >= 0.6 is 0 Å². The van der Waals surface area contributed by atoms with Gasteiger partial charge in [0.25, 0.3) is 0 Å². The zero-order valence-electron chi connectivity index (χ0n) is 11.6. The van der Waals surface area contributed by atoms with Crippen molar-refractivity contribution in [2.45, 2.75) is 12.8 Å². The van der Waals surface area contributed by atoms with Gasteiger partial charge in [0.1, 0.15) is 11.6 Å². The molecule has 0 saturated carbocycles. The van der Waals surface area contributed by atoms with Crippen LogP contribution in [0.2, 0.25) is 0 Å². The van der Waals surface area contributed by atoms with Crippen LogP contribution in [0, 0.1) is 0 Å². The fourth-order valence-corrected chi connectivity index (χ4v) is 2.18. The van der Waals surface area contributed by atoms with Crippen molar-refractivity contribution in [1.82, 2.24) is 4.98 Å². The average Bonchev–Trinajstić information content (AvgIpc) is 2.46. The number of hydrogen-bond acceptors (Lipinski definition) is 4. The van der Waals surface area contributed by atoms with Gasteiger partial charge >= 0.3 is 0 Å². The minimum Gasteiger partial charge on any atom is -0.388 e. The van der Waals surface area contributed by atoms with Gasteiger partial charge < -0.3 is 16.4 Å². The standard InChI is InChI=1S/C15H20N4/c1-10(11-5-4-6-12(9-11)17-2)13-7-8-14(16)19-15(13)18-3/h4-10,17H,1-3H3,(H3,16,18,19). The third-order valence-electron chi connectivity index (χ3n) is 3.33. The lowest BCUT2D eigenvalue weighted by Gasteiger charge is -2.17. The molecule has 4 heteroatoms. The maximum Gasteiger partial charge on any atom is 0.131 e. The highest BCUT2D eigenvalue weighted by Gasteiger charge is 2.14. The molecule has 0 aliphatic rings. The van der Waals surface area contributed by atoms with E-state index in [1.165, 1.54) is 5.56 Å². The van der Waals surface area contributed by atoms with E-state index in [9.17, 15) is 0 Å². The lowest BCUT2D eigenvalue weighted by Crippen LogP contribution is -2.05. The van der Waals surface area contributed by atoms with Crippen LogP contribution < -0.4 is 16.4 Å². The van der Waals surface area contributed by atoms with Crippen molar-refractivity contribution in [3.63, 3.8) is 0 Å². The minimum absolute atomic E-state index is 0.254. The molecule has 0 bridgehead atoms. The van der Waals surface area contributed by atoms with Crippen LogP contribution in [-0.4, -0.2) is 19.1 Å². The van der Waals surface area contributed by atoms with Gasteiger partial charge in [0.2, 0.25) is 0 Å². The third-order valence-corrected chi connectivity index (χ3v) is 3.33. The Morgan fingerprint density at radius 2 is 1.89 bits per heavy atom. The summed E-state index contributed by atoms with van der Waals surface area (Å²) in [7, 11) is 3.79. The summed E-state index contributed by atoms with van der Waals surface area (Å²) < 4.78 is 0. The van der Waals surface area contributed by atoms with E-state index in [-0.39, 0.29) is 5.92 Å². The molecule has 4 nitrogen and oxygen atoms in total. The van der Waals surface area contributed by atoms with Gasteiger partial charge in [-0.3, -0.25) is 0 Å². The van der Waals surface area contributed by atoms with Crippen LogP contribution in [0.15, 0.2) is 36.4 Å². The smallest absolute Gasteiger partial charge is 0.131 e. The second-order valence-corrected chi connectivity index (χ2v) is 4.52. The van der Waals surface area contributed by atoms with Crippen LogP contribution in [0.1, 0.15) is 24.0 Å². The molecule has 0 fully saturated rings. The highest BCUT2D eigenvalue weighted by atomic mass is 15.0. The number of pyridine rings is 1. The first-order chi connectivity index (χ1) is 9.15. The molecule has 0 amide bonds. The van der Waals surface area contributed by atoms with E-state index in [1.54, 1.807) is 0 Å². The predicted octanol–water partition coefficient (Wildman–Crippen LogP) is 2.90. The summed E-state index contributed by atoms with van der Waals surface area (Å²) in [5, 5.41) is 6.27. The SMILES string of the molecule is CNc1cccc(C(C)c2ccc(N)nc2NC)c1. The largest absolute Gasteiger partial charge is 0.388 e. The fourth-order valence-electron chi connectivity index (χ4n) is 2.18. The molecule has 0 spiro atoms. The lowest BCUT2D eigenvalue weighted by molar-refractivity contribution is 0.915. The molecular formula is C15H20N4. The molecule has 2 aromatic rings. The van der Waals surface area contributed by atoms with E-state index in [0.29, 0.717) is 5.82 Å². The normalized spacial score (nSPS) is 11.9. The molecule has 1 heterocycles. The molecule has 2 rings (SSSR count). The summed E-state index contributed by atoms with van der Waals surface area (Å²) in [5.74, 6) is 1.62. The monoisotopic (exact) mass is 256 g/mol. The maximum atomic E-state index is 5.73. The predicted molar refractivity (Wildman–Crippen MR) is 81.7 cm³/mol. The molecule has 19 heavy (non-hydrogen) atoms. The van der Waals surface area contributed by atoms with Crippen molar-refractivity contribution in [2.24, 2.45) is 0 Å². The van der Waals surface area contributed by atoms with E-state index in [2.05, 4.69) is 46.8 Å². The Bertz CT molecular complexity index is 566. The number of aromatic nitrogens is 1. The van der Waals surface area contributed by atoms with E-state index < -0.39 is 0 Å². The molecule has 0 radical (unpaired) electrons. The molecule has 1 aromatic carbocycles. The van der Waals surface area contributed by atoms with Crippen molar-refractivity contribution >= 4 is 17.3 Å². The molecule has 100 valence electrons. The minimum atomic E-state index is 0.254. The zero-order valence-corrected chi connectivity index (χ0v) is 11.6. The first-order valence-corrected chi connectivity index (χ1v) is 6.37. The second-order valence-electron chi connectivity index (χ2n) is 4.52. The molecule has 0 aliphatic heterocycles. The third kappa shape index (κ3) is 2.78. The van der Waals surface area contributed by atoms with Gasteiger partial charge in [0.05, 0.1) is 0 Å². The maximum absolute atomic E-state index is 5.73. The van der Waals surface area contributed by atoms with Crippen molar-refractivity contribution in [3.05, 3.63) is 47.5 Å². The number of rotatable bonds is 4. The fraction of sp³-hybridized carbons (Fsp3) is 0.267. The second kappa shape index (κ2) is 5.61. The van der Waals surface area contributed by atoms with Gasteiger partial charge in [-0.25, -0.2) is 4.98 Å². The topological polar surface area (TPSA) is 63.0 Å².